The van der Waals surface area contributed by atoms with E-state index in [-0.39, 0.29) is 54.0 Å². The number of rotatable bonds is 17. The lowest BCUT2D eigenvalue weighted by Crippen LogP contribution is -2.58. The van der Waals surface area contributed by atoms with Crippen molar-refractivity contribution in [3.05, 3.63) is 51.4 Å². The number of thioether (sulfide) groups is 1. The molecule has 2 aromatic rings. The number of hydrogen-bond donors (Lipinski definition) is 6. The van der Waals surface area contributed by atoms with Crippen LogP contribution in [0.1, 0.15) is 80.9 Å². The number of aromatic nitrogens is 2. The Labute approximate surface area is 316 Å². The van der Waals surface area contributed by atoms with Gasteiger partial charge >= 0.3 is 12.2 Å². The van der Waals surface area contributed by atoms with Gasteiger partial charge in [0.1, 0.15) is 23.1 Å². The van der Waals surface area contributed by atoms with E-state index in [1.165, 1.54) is 4.90 Å². The molecule has 3 saturated heterocycles. The zero-order valence-electron chi connectivity index (χ0n) is 30.3. The zero-order valence-corrected chi connectivity index (χ0v) is 31.1. The van der Waals surface area contributed by atoms with Crippen molar-refractivity contribution in [1.82, 2.24) is 36.4 Å². The molecule has 4 amide bonds. The van der Waals surface area contributed by atoms with Crippen LogP contribution < -0.4 is 42.2 Å². The SMILES string of the molecule is N[C@]12CS[C@@H](CCCCC(=O)NCCCCCCNC(=O)CN3CCC(Oc4ccc5c(c4)CN(c4cn[nH]c(=O)c4C(F)(F)F)C5)CC3)[C@H]1NC(=O)N2. The first-order chi connectivity index (χ1) is 25.9. The number of carbonyl (C=O) groups is 3. The Balaban J connectivity index is 0.779. The second kappa shape index (κ2) is 17.6. The maximum atomic E-state index is 13.6. The van der Waals surface area contributed by atoms with Gasteiger partial charge in [0.2, 0.25) is 11.8 Å². The number of benzene rings is 1. The Bertz CT molecular complexity index is 1710. The summed E-state index contributed by atoms with van der Waals surface area (Å²) in [5, 5.41) is 17.5. The minimum absolute atomic E-state index is 0.00682. The summed E-state index contributed by atoms with van der Waals surface area (Å²) >= 11 is 1.77. The lowest BCUT2D eigenvalue weighted by molar-refractivity contribution is -0.138. The van der Waals surface area contributed by atoms with E-state index in [1.807, 2.05) is 23.3 Å². The number of hydrogen-bond acceptors (Lipinski definition) is 10. The monoisotopic (exact) mass is 777 g/mol. The number of alkyl halides is 3. The lowest BCUT2D eigenvalue weighted by atomic mass is 9.98. The third-order valence-corrected chi connectivity index (χ3v) is 12.1. The van der Waals surface area contributed by atoms with Gasteiger partial charge in [0.25, 0.3) is 5.56 Å². The predicted molar refractivity (Wildman–Crippen MR) is 198 cm³/mol. The molecule has 0 spiro atoms. The quantitative estimate of drug-likeness (QED) is 0.103. The number of nitrogens with one attached hydrogen (secondary N) is 5. The van der Waals surface area contributed by atoms with Crippen LogP contribution in [0, 0.1) is 0 Å². The molecule has 14 nitrogen and oxygen atoms in total. The van der Waals surface area contributed by atoms with Crippen LogP contribution in [0.15, 0.2) is 29.2 Å². The molecule has 1 aromatic carbocycles. The number of likely N-dealkylation sites (tertiary alicyclic amines) is 1. The summed E-state index contributed by atoms with van der Waals surface area (Å²) in [7, 11) is 0. The fourth-order valence-corrected chi connectivity index (χ4v) is 9.25. The van der Waals surface area contributed by atoms with E-state index in [9.17, 15) is 32.3 Å². The summed E-state index contributed by atoms with van der Waals surface area (Å²) in [4.78, 5) is 51.9. The number of amides is 4. The molecular formula is C36H50F3N9O5S. The molecule has 3 atom stereocenters. The standard InChI is InChI=1S/C36H50F3N9O5S/c37-36(38,39)31-27(18-43-46-33(31)51)48-19-23-9-10-26(17-24(23)20-48)53-25-11-15-47(16-12-25)21-30(50)42-14-6-2-1-5-13-41-29(49)8-4-3-7-28-32-35(40,22-54-28)45-34(52)44-32/h9-10,17-18,25,28,32H,1-8,11-16,19-22,40H2,(H,41,49)(H,42,50)(H,46,51)(H2,44,45,52)/t28-,32+,35-/m0/s1. The van der Waals surface area contributed by atoms with Crippen LogP contribution in [-0.2, 0) is 28.9 Å². The van der Waals surface area contributed by atoms with Crippen molar-refractivity contribution in [3.8, 4) is 5.75 Å². The topological polar surface area (TPSA) is 187 Å². The van der Waals surface area contributed by atoms with Crippen LogP contribution in [0.4, 0.5) is 23.7 Å². The minimum atomic E-state index is -4.80. The number of H-pyrrole nitrogens is 1. The summed E-state index contributed by atoms with van der Waals surface area (Å²) in [5.41, 5.74) is 4.56. The van der Waals surface area contributed by atoms with Gasteiger partial charge in [-0.25, -0.2) is 9.89 Å². The van der Waals surface area contributed by atoms with Gasteiger partial charge in [0, 0.05) is 56.7 Å². The Morgan fingerprint density at radius 2 is 1.72 bits per heavy atom. The number of urea groups is 1. The normalized spacial score (nSPS) is 22.7. The molecule has 0 bridgehead atoms. The molecule has 6 rings (SSSR count). The van der Waals surface area contributed by atoms with Crippen LogP contribution >= 0.6 is 11.8 Å². The maximum Gasteiger partial charge on any atom is 0.423 e. The van der Waals surface area contributed by atoms with E-state index in [0.29, 0.717) is 50.6 Å². The highest BCUT2D eigenvalue weighted by molar-refractivity contribution is 8.00. The van der Waals surface area contributed by atoms with Crippen molar-refractivity contribution < 1.29 is 32.3 Å². The second-order valence-corrected chi connectivity index (χ2v) is 15.9. The molecule has 4 aliphatic rings. The van der Waals surface area contributed by atoms with Crippen LogP contribution in [-0.4, -0.2) is 94.5 Å². The molecule has 0 radical (unpaired) electrons. The van der Waals surface area contributed by atoms with Gasteiger partial charge in [-0.1, -0.05) is 25.3 Å². The number of anilines is 1. The fourth-order valence-electron chi connectivity index (χ4n) is 7.67. The summed E-state index contributed by atoms with van der Waals surface area (Å²) in [6.07, 6.45) is 4.50. The molecule has 54 heavy (non-hydrogen) atoms. The van der Waals surface area contributed by atoms with Gasteiger partial charge in [-0.2, -0.15) is 30.0 Å². The molecule has 1 aromatic heterocycles. The number of unbranched alkanes of at least 4 members (excludes halogenated alkanes) is 4. The third-order valence-electron chi connectivity index (χ3n) is 10.6. The number of fused-ring (bicyclic) bond motifs is 2. The number of carbonyl (C=O) groups excluding carboxylic acids is 3. The van der Waals surface area contributed by atoms with E-state index < -0.39 is 23.0 Å². The van der Waals surface area contributed by atoms with Gasteiger partial charge in [0.15, 0.2) is 0 Å². The van der Waals surface area contributed by atoms with Gasteiger partial charge in [-0.05, 0) is 61.8 Å². The van der Waals surface area contributed by atoms with E-state index in [1.54, 1.807) is 11.8 Å². The van der Waals surface area contributed by atoms with Crippen molar-refractivity contribution in [2.45, 2.75) is 107 Å². The molecule has 0 unspecified atom stereocenters. The zero-order chi connectivity index (χ0) is 38.3. The van der Waals surface area contributed by atoms with Gasteiger partial charge in [-0.15, -0.1) is 0 Å². The minimum Gasteiger partial charge on any atom is -0.490 e. The molecule has 3 fully saturated rings. The first-order valence-corrected chi connectivity index (χ1v) is 19.9. The Kier molecular flexibility index (Phi) is 12.9. The molecule has 7 N–H and O–H groups in total. The fraction of sp³-hybridized carbons (Fsp3) is 0.639. The second-order valence-electron chi connectivity index (χ2n) is 14.7. The number of piperidine rings is 1. The van der Waals surface area contributed by atoms with Crippen LogP contribution in [0.5, 0.6) is 5.75 Å². The molecule has 0 aliphatic carbocycles. The van der Waals surface area contributed by atoms with E-state index in [4.69, 9.17) is 10.5 Å². The molecule has 5 heterocycles. The molecular weight excluding hydrogens is 728 g/mol. The first kappa shape index (κ1) is 39.7. The van der Waals surface area contributed by atoms with Crippen molar-refractivity contribution in [3.63, 3.8) is 0 Å². The summed E-state index contributed by atoms with van der Waals surface area (Å²) in [5.74, 6) is 1.39. The van der Waals surface area contributed by atoms with Crippen molar-refractivity contribution in [2.24, 2.45) is 5.73 Å². The van der Waals surface area contributed by atoms with Crippen LogP contribution in [0.3, 0.4) is 0 Å². The number of aromatic amines is 1. The van der Waals surface area contributed by atoms with Crippen LogP contribution in [0.25, 0.3) is 0 Å². The van der Waals surface area contributed by atoms with E-state index in [2.05, 4.69) is 31.3 Å². The molecule has 4 aliphatic heterocycles. The molecule has 0 saturated carbocycles. The largest absolute Gasteiger partial charge is 0.490 e. The number of nitrogens with zero attached hydrogens (tertiary/aromatic N) is 3. The average molecular weight is 778 g/mol. The van der Waals surface area contributed by atoms with Gasteiger partial charge in [0.05, 0.1) is 24.5 Å². The maximum absolute atomic E-state index is 13.6. The van der Waals surface area contributed by atoms with Crippen molar-refractivity contribution in [2.75, 3.05) is 43.4 Å². The van der Waals surface area contributed by atoms with E-state index in [0.717, 1.165) is 75.1 Å². The lowest BCUT2D eigenvalue weighted by Gasteiger charge is -2.31. The average Bonchev–Trinajstić information content (AvgIpc) is 3.77. The van der Waals surface area contributed by atoms with Crippen molar-refractivity contribution >= 4 is 35.3 Å². The summed E-state index contributed by atoms with van der Waals surface area (Å²) in [6.45, 7) is 3.44. The highest BCUT2D eigenvalue weighted by Crippen LogP contribution is 2.39. The highest BCUT2D eigenvalue weighted by atomic mass is 32.2. The molecule has 18 heteroatoms. The highest BCUT2D eigenvalue weighted by Gasteiger charge is 2.52. The number of halogens is 3. The number of nitrogens with two attached hydrogens (primary N) is 1. The van der Waals surface area contributed by atoms with Gasteiger partial charge in [-0.3, -0.25) is 19.3 Å². The van der Waals surface area contributed by atoms with Crippen LogP contribution in [0.2, 0.25) is 0 Å². The Morgan fingerprint density at radius 1 is 1.00 bits per heavy atom. The van der Waals surface area contributed by atoms with Gasteiger partial charge < -0.3 is 36.6 Å². The molecule has 296 valence electrons. The Morgan fingerprint density at radius 3 is 2.46 bits per heavy atom. The number of ether oxygens (including phenoxy) is 1. The first-order valence-electron chi connectivity index (χ1n) is 18.8. The van der Waals surface area contributed by atoms with E-state index >= 15 is 0 Å². The summed E-state index contributed by atoms with van der Waals surface area (Å²) < 4.78 is 47.0. The summed E-state index contributed by atoms with van der Waals surface area (Å²) in [6, 6.07) is 5.25. The Hall–Kier alpha value is -4.03. The third kappa shape index (κ3) is 10.2. The smallest absolute Gasteiger partial charge is 0.423 e. The predicted octanol–water partition coefficient (Wildman–Crippen LogP) is 2.96. The van der Waals surface area contributed by atoms with Crippen molar-refractivity contribution in [1.29, 1.82) is 0 Å².